The summed E-state index contributed by atoms with van der Waals surface area (Å²) in [6.07, 6.45) is -0.219. The van der Waals surface area contributed by atoms with Gasteiger partial charge < -0.3 is 25.9 Å². The van der Waals surface area contributed by atoms with Gasteiger partial charge in [-0.25, -0.2) is 0 Å². The summed E-state index contributed by atoms with van der Waals surface area (Å²) in [6, 6.07) is 15.7. The molecule has 28 heavy (non-hydrogen) atoms. The van der Waals surface area contributed by atoms with E-state index in [4.69, 9.17) is 21.1 Å². The zero-order valence-corrected chi connectivity index (χ0v) is 14.9. The highest BCUT2D eigenvalue weighted by molar-refractivity contribution is 6.28. The Morgan fingerprint density at radius 3 is 2.54 bits per heavy atom. The van der Waals surface area contributed by atoms with Crippen LogP contribution in [0.2, 0.25) is 0 Å². The molecule has 0 aliphatic carbocycles. The predicted octanol–water partition coefficient (Wildman–Crippen LogP) is 0.292. The minimum absolute atomic E-state index is 0.107. The van der Waals surface area contributed by atoms with Crippen molar-refractivity contribution in [3.63, 3.8) is 0 Å². The second kappa shape index (κ2) is 6.57. The zero-order valence-electron chi connectivity index (χ0n) is 14.9. The minimum Gasteiger partial charge on any atom is -0.377 e. The van der Waals surface area contributed by atoms with Crippen LogP contribution in [-0.2, 0) is 0 Å². The number of nitrogens with zero attached hydrogens (tertiary/aromatic N) is 4. The number of benzene rings is 1. The predicted molar refractivity (Wildman–Crippen MR) is 101 cm³/mol. The Morgan fingerprint density at radius 1 is 1.11 bits per heavy atom. The van der Waals surface area contributed by atoms with Crippen molar-refractivity contribution in [2.45, 2.75) is 13.1 Å². The fourth-order valence-corrected chi connectivity index (χ4v) is 3.13. The van der Waals surface area contributed by atoms with E-state index < -0.39 is 6.16 Å². The summed E-state index contributed by atoms with van der Waals surface area (Å²) in [5.41, 5.74) is 10.1. The number of aromatic nitrogens is 3. The molecule has 1 aromatic carbocycles. The molecule has 9 nitrogen and oxygen atoms in total. The van der Waals surface area contributed by atoms with Crippen molar-refractivity contribution in [3.8, 4) is 0 Å². The molecule has 0 saturated carbocycles. The number of pyridine rings is 1. The standard InChI is InChI=1S/C19H17N5O4/c1-12-15-9-5-6-10-23(15)18(16(12)13-7-3-2-4-8-13)22-14-11-21-24(17(14)20)28-19(25,26)27/h2-11,20,25-27H,1H3/p+1. The molecule has 3 aromatic rings. The first kappa shape index (κ1) is 17.9. The van der Waals surface area contributed by atoms with Gasteiger partial charge >= 0.3 is 12.0 Å². The number of anilines is 1. The number of nitrogens with two attached hydrogens (primary N) is 1. The summed E-state index contributed by atoms with van der Waals surface area (Å²) in [5.74, 6) is 0.526. The van der Waals surface area contributed by atoms with E-state index in [1.165, 1.54) is 6.20 Å². The van der Waals surface area contributed by atoms with Crippen LogP contribution < -0.4 is 15.1 Å². The Kier molecular flexibility index (Phi) is 4.19. The first-order valence-corrected chi connectivity index (χ1v) is 8.42. The maximum absolute atomic E-state index is 8.97. The van der Waals surface area contributed by atoms with Gasteiger partial charge in [-0.1, -0.05) is 41.2 Å². The van der Waals surface area contributed by atoms with Gasteiger partial charge in [0.25, 0.3) is 0 Å². The largest absolute Gasteiger partial charge is 0.473 e. The maximum Gasteiger partial charge on any atom is 0.473 e. The third-order valence-electron chi connectivity index (χ3n) is 4.32. The van der Waals surface area contributed by atoms with Crippen LogP contribution in [0, 0.1) is 0 Å². The Balaban J connectivity index is 1.86. The number of hydrogen-bond acceptors (Lipinski definition) is 7. The van der Waals surface area contributed by atoms with Crippen LogP contribution in [0.15, 0.2) is 65.9 Å². The number of aliphatic hydroxyl groups is 3. The lowest BCUT2D eigenvalue weighted by Crippen LogP contribution is -2.42. The average Bonchev–Trinajstić information content (AvgIpc) is 3.14. The third-order valence-corrected chi connectivity index (χ3v) is 4.32. The lowest BCUT2D eigenvalue weighted by molar-refractivity contribution is -0.553. The van der Waals surface area contributed by atoms with Gasteiger partial charge in [0.1, 0.15) is 11.9 Å². The number of nitrogen functional groups attached to an aromatic ring is 1. The maximum atomic E-state index is 8.97. The first-order chi connectivity index (χ1) is 13.3. The van der Waals surface area contributed by atoms with Crippen molar-refractivity contribution >= 4 is 28.5 Å². The van der Waals surface area contributed by atoms with Gasteiger partial charge in [0.15, 0.2) is 0 Å². The lowest BCUT2D eigenvalue weighted by Gasteiger charge is -2.14. The first-order valence-electron chi connectivity index (χ1n) is 8.42. The van der Waals surface area contributed by atoms with Gasteiger partial charge in [-0.3, -0.25) is 0 Å². The number of hydrogen-bond donors (Lipinski definition) is 4. The quantitative estimate of drug-likeness (QED) is 0.380. The van der Waals surface area contributed by atoms with Crippen LogP contribution in [-0.4, -0.2) is 37.3 Å². The van der Waals surface area contributed by atoms with E-state index in [0.717, 1.165) is 22.4 Å². The highest BCUT2D eigenvalue weighted by Crippen LogP contribution is 2.32. The minimum atomic E-state index is -3.41. The van der Waals surface area contributed by atoms with Crippen LogP contribution in [0.1, 0.15) is 18.2 Å². The van der Waals surface area contributed by atoms with Gasteiger partial charge in [0.2, 0.25) is 11.5 Å². The summed E-state index contributed by atoms with van der Waals surface area (Å²) >= 11 is 0. The highest BCUT2D eigenvalue weighted by Gasteiger charge is 2.34. The van der Waals surface area contributed by atoms with E-state index in [1.807, 2.05) is 66.2 Å². The molecule has 142 valence electrons. The van der Waals surface area contributed by atoms with Gasteiger partial charge in [-0.05, 0) is 29.6 Å². The van der Waals surface area contributed by atoms with Gasteiger partial charge in [0.05, 0.1) is 11.8 Å². The van der Waals surface area contributed by atoms with E-state index in [1.54, 1.807) is 0 Å². The molecule has 0 spiro atoms. The molecule has 0 saturated heterocycles. The highest BCUT2D eigenvalue weighted by atomic mass is 17.0. The fourth-order valence-electron chi connectivity index (χ4n) is 3.13. The topological polar surface area (TPSA) is 130 Å². The second-order valence-corrected chi connectivity index (χ2v) is 6.21. The molecule has 1 aliphatic heterocycles. The van der Waals surface area contributed by atoms with E-state index >= 15 is 0 Å². The number of aliphatic imine (C=N–C) groups is 1. The molecular weight excluding hydrogens is 362 g/mol. The van der Waals surface area contributed by atoms with Crippen molar-refractivity contribution in [3.05, 3.63) is 72.2 Å². The summed E-state index contributed by atoms with van der Waals surface area (Å²) in [7, 11) is 0. The molecular formula is C19H18N5O4+. The van der Waals surface area contributed by atoms with Crippen LogP contribution in [0.4, 0.5) is 11.5 Å². The lowest BCUT2D eigenvalue weighted by atomic mass is 10.0. The SMILES string of the molecule is CC1=C(c2ccccc2)C(=Nc2cnn(OC(O)(O)O)c2N)[n+]2ccccc21. The summed E-state index contributed by atoms with van der Waals surface area (Å²) < 4.78 is 1.93. The Labute approximate surface area is 159 Å². The molecule has 4 rings (SSSR count). The van der Waals surface area contributed by atoms with Crippen molar-refractivity contribution in [2.24, 2.45) is 4.99 Å². The molecule has 3 heterocycles. The summed E-state index contributed by atoms with van der Waals surface area (Å²) in [4.78, 5) is 9.67. The molecule has 0 bridgehead atoms. The van der Waals surface area contributed by atoms with Crippen LogP contribution in [0.5, 0.6) is 0 Å². The smallest absolute Gasteiger partial charge is 0.377 e. The molecule has 1 aliphatic rings. The number of allylic oxidation sites excluding steroid dienone is 2. The van der Waals surface area contributed by atoms with Crippen molar-refractivity contribution in [1.29, 1.82) is 0 Å². The van der Waals surface area contributed by atoms with Gasteiger partial charge in [0, 0.05) is 5.57 Å². The molecule has 0 unspecified atom stereocenters. The van der Waals surface area contributed by atoms with Gasteiger partial charge in [-0.15, -0.1) is 5.10 Å². The normalized spacial score (nSPS) is 15.2. The number of rotatable bonds is 4. The van der Waals surface area contributed by atoms with E-state index in [2.05, 4.69) is 14.9 Å². The molecule has 0 radical (unpaired) electrons. The van der Waals surface area contributed by atoms with Crippen molar-refractivity contribution < 1.29 is 24.7 Å². The molecule has 2 aromatic heterocycles. The molecule has 5 N–H and O–H groups in total. The Morgan fingerprint density at radius 2 is 1.82 bits per heavy atom. The Hall–Kier alpha value is -3.53. The molecule has 0 fully saturated rings. The van der Waals surface area contributed by atoms with Crippen molar-refractivity contribution in [1.82, 2.24) is 9.94 Å². The number of fused-ring (bicyclic) bond motifs is 1. The van der Waals surface area contributed by atoms with Crippen LogP contribution in [0.3, 0.4) is 0 Å². The Bertz CT molecular complexity index is 1100. The molecule has 0 atom stereocenters. The van der Waals surface area contributed by atoms with Crippen molar-refractivity contribution in [2.75, 3.05) is 5.73 Å². The van der Waals surface area contributed by atoms with E-state index in [9.17, 15) is 0 Å². The second-order valence-electron chi connectivity index (χ2n) is 6.21. The summed E-state index contributed by atoms with van der Waals surface area (Å²) in [6.45, 7) is 2.02. The zero-order chi connectivity index (χ0) is 19.9. The summed E-state index contributed by atoms with van der Waals surface area (Å²) in [5, 5.41) is 30.7. The van der Waals surface area contributed by atoms with Crippen LogP contribution in [0.25, 0.3) is 11.1 Å². The molecule has 0 amide bonds. The van der Waals surface area contributed by atoms with E-state index in [0.29, 0.717) is 10.7 Å². The fraction of sp³-hybridized carbons (Fsp3) is 0.105. The molecule has 9 heteroatoms. The third kappa shape index (κ3) is 3.14. The monoisotopic (exact) mass is 380 g/mol. The van der Waals surface area contributed by atoms with Crippen LogP contribution >= 0.6 is 0 Å². The average molecular weight is 380 g/mol. The van der Waals surface area contributed by atoms with E-state index in [-0.39, 0.29) is 11.5 Å². The van der Waals surface area contributed by atoms with Gasteiger partial charge in [-0.2, -0.15) is 4.57 Å².